The fourth-order valence-electron chi connectivity index (χ4n) is 5.65. The highest BCUT2D eigenvalue weighted by molar-refractivity contribution is 5.54. The Morgan fingerprint density at radius 1 is 1.29 bits per heavy atom. The van der Waals surface area contributed by atoms with Gasteiger partial charge in [-0.1, -0.05) is 24.5 Å². The zero-order valence-electron chi connectivity index (χ0n) is 9.40. The first kappa shape index (κ1) is 7.96. The molecule has 4 unspecified atom stereocenters. The van der Waals surface area contributed by atoms with Gasteiger partial charge in [0, 0.05) is 5.41 Å². The maximum Gasteiger partial charge on any atom is 0.0134 e. The maximum atomic E-state index is 2.43. The molecule has 5 aliphatic rings. The average Bonchev–Trinajstić information content (AvgIpc) is 2.70. The Hall–Kier alpha value is -0.260. The van der Waals surface area contributed by atoms with Gasteiger partial charge in [0.25, 0.3) is 0 Å². The van der Waals surface area contributed by atoms with Gasteiger partial charge in [0.05, 0.1) is 0 Å². The number of hydrogen-bond acceptors (Lipinski definition) is 0. The molecule has 0 nitrogen and oxygen atoms in total. The van der Waals surface area contributed by atoms with Crippen LogP contribution in [0.2, 0.25) is 0 Å². The lowest BCUT2D eigenvalue weighted by Gasteiger charge is -2.57. The van der Waals surface area contributed by atoms with Gasteiger partial charge in [0.1, 0.15) is 0 Å². The van der Waals surface area contributed by atoms with E-state index in [2.05, 4.69) is 13.8 Å². The summed E-state index contributed by atoms with van der Waals surface area (Å²) in [5, 5.41) is 0. The zero-order chi connectivity index (χ0) is 9.55. The second-order valence-electron chi connectivity index (χ2n) is 6.56. The SMILES string of the molecule is CCC12CC3CC(C1)C1=C(C)C1(C3)C2. The van der Waals surface area contributed by atoms with Crippen LogP contribution in [0.1, 0.15) is 52.4 Å². The van der Waals surface area contributed by atoms with E-state index in [-0.39, 0.29) is 0 Å². The largest absolute Gasteiger partial charge is 0.0649 e. The molecule has 0 aromatic carbocycles. The molecule has 0 saturated heterocycles. The van der Waals surface area contributed by atoms with Crippen LogP contribution in [0.5, 0.6) is 0 Å². The van der Waals surface area contributed by atoms with Crippen LogP contribution in [0, 0.1) is 22.7 Å². The second kappa shape index (κ2) is 1.99. The van der Waals surface area contributed by atoms with Crippen LogP contribution in [0.4, 0.5) is 0 Å². The van der Waals surface area contributed by atoms with Crippen molar-refractivity contribution in [3.63, 3.8) is 0 Å². The number of allylic oxidation sites excluding steroid dienone is 2. The molecule has 0 amide bonds. The summed E-state index contributed by atoms with van der Waals surface area (Å²) in [5.74, 6) is 2.14. The van der Waals surface area contributed by atoms with Gasteiger partial charge in [0.15, 0.2) is 0 Å². The van der Waals surface area contributed by atoms with Crippen molar-refractivity contribution in [2.75, 3.05) is 0 Å². The van der Waals surface area contributed by atoms with Gasteiger partial charge in [-0.25, -0.2) is 0 Å². The molecule has 4 fully saturated rings. The Bertz CT molecular complexity index is 345. The van der Waals surface area contributed by atoms with E-state index < -0.39 is 0 Å². The highest BCUT2D eigenvalue weighted by Crippen LogP contribution is 2.78. The fourth-order valence-corrected chi connectivity index (χ4v) is 5.65. The van der Waals surface area contributed by atoms with Crippen molar-refractivity contribution < 1.29 is 0 Å². The summed E-state index contributed by atoms with van der Waals surface area (Å²) in [4.78, 5) is 0. The van der Waals surface area contributed by atoms with Crippen LogP contribution >= 0.6 is 0 Å². The topological polar surface area (TPSA) is 0 Å². The van der Waals surface area contributed by atoms with Crippen LogP contribution in [0.3, 0.4) is 0 Å². The predicted molar refractivity (Wildman–Crippen MR) is 57.9 cm³/mol. The minimum atomic E-state index is 0.722. The minimum absolute atomic E-state index is 0.722. The zero-order valence-corrected chi connectivity index (χ0v) is 9.40. The van der Waals surface area contributed by atoms with Crippen LogP contribution in [-0.4, -0.2) is 0 Å². The Balaban J connectivity index is 1.82. The van der Waals surface area contributed by atoms with E-state index in [9.17, 15) is 0 Å². The molecule has 1 spiro atoms. The second-order valence-corrected chi connectivity index (χ2v) is 6.56. The van der Waals surface area contributed by atoms with Crippen molar-refractivity contribution >= 4 is 0 Å². The predicted octanol–water partition coefficient (Wildman–Crippen LogP) is 3.92. The first-order chi connectivity index (χ1) is 6.69. The Morgan fingerprint density at radius 2 is 2.14 bits per heavy atom. The van der Waals surface area contributed by atoms with Crippen molar-refractivity contribution in [2.45, 2.75) is 52.4 Å². The molecule has 0 heteroatoms. The molecule has 0 aromatic heterocycles. The first-order valence-corrected chi connectivity index (χ1v) is 6.41. The standard InChI is InChI=1S/C14H20/c1-3-13-5-10-4-11(7-13)12-9(2)14(12,6-10)8-13/h10-11H,3-8H2,1-2H3. The molecule has 4 saturated carbocycles. The van der Waals surface area contributed by atoms with E-state index in [1.807, 2.05) is 11.1 Å². The molecule has 4 atom stereocenters. The Morgan fingerprint density at radius 3 is 2.86 bits per heavy atom. The van der Waals surface area contributed by atoms with E-state index >= 15 is 0 Å². The van der Waals surface area contributed by atoms with E-state index in [1.165, 1.54) is 6.42 Å². The van der Waals surface area contributed by atoms with Gasteiger partial charge in [-0.2, -0.15) is 0 Å². The minimum Gasteiger partial charge on any atom is -0.0649 e. The molecule has 0 N–H and O–H groups in total. The molecule has 0 radical (unpaired) electrons. The first-order valence-electron chi connectivity index (χ1n) is 6.41. The molecular weight excluding hydrogens is 168 g/mol. The van der Waals surface area contributed by atoms with Crippen LogP contribution < -0.4 is 0 Å². The van der Waals surface area contributed by atoms with Gasteiger partial charge in [0.2, 0.25) is 0 Å². The van der Waals surface area contributed by atoms with Crippen LogP contribution in [0.15, 0.2) is 11.1 Å². The number of rotatable bonds is 1. The monoisotopic (exact) mass is 188 g/mol. The summed E-state index contributed by atoms with van der Waals surface area (Å²) in [5.41, 5.74) is 5.28. The van der Waals surface area contributed by atoms with Crippen molar-refractivity contribution in [1.29, 1.82) is 0 Å². The van der Waals surface area contributed by atoms with Gasteiger partial charge < -0.3 is 0 Å². The Kier molecular flexibility index (Phi) is 1.13. The van der Waals surface area contributed by atoms with Gasteiger partial charge >= 0.3 is 0 Å². The maximum absolute atomic E-state index is 2.43. The molecule has 5 rings (SSSR count). The molecule has 0 aliphatic heterocycles. The van der Waals surface area contributed by atoms with E-state index in [4.69, 9.17) is 0 Å². The number of hydrogen-bond donors (Lipinski definition) is 0. The van der Waals surface area contributed by atoms with E-state index in [0.717, 1.165) is 22.7 Å². The quantitative estimate of drug-likeness (QED) is 0.547. The van der Waals surface area contributed by atoms with Crippen LogP contribution in [-0.2, 0) is 0 Å². The van der Waals surface area contributed by atoms with Gasteiger partial charge in [-0.05, 0) is 56.3 Å². The van der Waals surface area contributed by atoms with Gasteiger partial charge in [-0.3, -0.25) is 0 Å². The molecule has 14 heavy (non-hydrogen) atoms. The summed E-state index contributed by atoms with van der Waals surface area (Å²) in [7, 11) is 0. The third-order valence-corrected chi connectivity index (χ3v) is 6.07. The molecule has 0 aromatic rings. The van der Waals surface area contributed by atoms with Crippen molar-refractivity contribution in [1.82, 2.24) is 0 Å². The highest BCUT2D eigenvalue weighted by Gasteiger charge is 2.67. The normalized spacial score (nSPS) is 57.9. The van der Waals surface area contributed by atoms with Crippen molar-refractivity contribution in [3.8, 4) is 0 Å². The lowest BCUT2D eigenvalue weighted by molar-refractivity contribution is -0.0240. The highest BCUT2D eigenvalue weighted by atomic mass is 14.7. The Labute approximate surface area is 86.8 Å². The molecular formula is C14H20. The summed E-state index contributed by atoms with van der Waals surface area (Å²) >= 11 is 0. The summed E-state index contributed by atoms with van der Waals surface area (Å²) < 4.78 is 0. The third kappa shape index (κ3) is 0.647. The lowest BCUT2D eigenvalue weighted by atomic mass is 9.48. The average molecular weight is 188 g/mol. The lowest BCUT2D eigenvalue weighted by Crippen LogP contribution is -2.46. The van der Waals surface area contributed by atoms with Crippen molar-refractivity contribution in [2.24, 2.45) is 22.7 Å². The van der Waals surface area contributed by atoms with E-state index in [1.54, 1.807) is 32.1 Å². The summed E-state index contributed by atoms with van der Waals surface area (Å²) in [6, 6.07) is 0. The van der Waals surface area contributed by atoms with Crippen molar-refractivity contribution in [3.05, 3.63) is 11.1 Å². The fraction of sp³-hybridized carbons (Fsp3) is 0.857. The summed E-state index contributed by atoms with van der Waals surface area (Å²) in [6.45, 7) is 4.86. The van der Waals surface area contributed by atoms with Gasteiger partial charge in [-0.15, -0.1) is 0 Å². The smallest absolute Gasteiger partial charge is 0.0134 e. The summed E-state index contributed by atoms with van der Waals surface area (Å²) in [6.07, 6.45) is 9.21. The van der Waals surface area contributed by atoms with E-state index in [0.29, 0.717) is 0 Å². The molecule has 5 aliphatic carbocycles. The molecule has 0 heterocycles. The third-order valence-electron chi connectivity index (χ3n) is 6.07. The molecule has 76 valence electrons. The van der Waals surface area contributed by atoms with Crippen LogP contribution in [0.25, 0.3) is 0 Å². The molecule has 4 bridgehead atoms.